The number of thiazole rings is 1. The van der Waals surface area contributed by atoms with Gasteiger partial charge in [-0.15, -0.1) is 11.3 Å². The Morgan fingerprint density at radius 1 is 1.36 bits per heavy atom. The summed E-state index contributed by atoms with van der Waals surface area (Å²) in [5, 5.41) is 11.8. The largest absolute Gasteiger partial charge is 0.481 e. The van der Waals surface area contributed by atoms with Gasteiger partial charge < -0.3 is 10.0 Å². The molecule has 2 rings (SSSR count). The third-order valence-corrected chi connectivity index (χ3v) is 5.27. The molecule has 0 spiro atoms. The third kappa shape index (κ3) is 4.53. The fraction of sp³-hybridized carbons (Fsp3) is 0.688. The van der Waals surface area contributed by atoms with E-state index in [1.54, 1.807) is 11.3 Å². The molecular weight excluding hydrogens is 300 g/mol. The molecule has 0 atom stereocenters. The van der Waals surface area contributed by atoms with Crippen molar-refractivity contribution in [2.75, 3.05) is 13.1 Å². The summed E-state index contributed by atoms with van der Waals surface area (Å²) in [5.74, 6) is -0.449. The van der Waals surface area contributed by atoms with Gasteiger partial charge >= 0.3 is 5.97 Å². The van der Waals surface area contributed by atoms with Crippen molar-refractivity contribution in [3.05, 3.63) is 16.1 Å². The van der Waals surface area contributed by atoms with Crippen molar-refractivity contribution >= 4 is 23.2 Å². The van der Waals surface area contributed by atoms with Crippen molar-refractivity contribution in [3.8, 4) is 0 Å². The Bertz CT molecular complexity index is 540. The molecule has 1 amide bonds. The summed E-state index contributed by atoms with van der Waals surface area (Å²) in [6.07, 6.45) is 2.12. The van der Waals surface area contributed by atoms with Crippen LogP contribution < -0.4 is 0 Å². The number of hydrogen-bond acceptors (Lipinski definition) is 4. The van der Waals surface area contributed by atoms with Crippen LogP contribution in [0.4, 0.5) is 0 Å². The molecular formula is C16H24N2O3S. The number of piperidine rings is 1. The van der Waals surface area contributed by atoms with Gasteiger partial charge in [-0.1, -0.05) is 20.8 Å². The van der Waals surface area contributed by atoms with Crippen molar-refractivity contribution in [2.24, 2.45) is 5.92 Å². The van der Waals surface area contributed by atoms with Gasteiger partial charge in [0.15, 0.2) is 0 Å². The molecule has 1 N–H and O–H groups in total. The fourth-order valence-corrected chi connectivity index (χ4v) is 3.54. The molecule has 0 aromatic carbocycles. The number of nitrogens with zero attached hydrogens (tertiary/aromatic N) is 2. The van der Waals surface area contributed by atoms with Crippen LogP contribution >= 0.6 is 11.3 Å². The first-order valence-corrected chi connectivity index (χ1v) is 8.58. The van der Waals surface area contributed by atoms with E-state index in [-0.39, 0.29) is 23.7 Å². The molecule has 0 unspecified atom stereocenters. The van der Waals surface area contributed by atoms with E-state index in [2.05, 4.69) is 25.8 Å². The minimum atomic E-state index is -0.748. The van der Waals surface area contributed by atoms with Gasteiger partial charge in [0.25, 0.3) is 0 Å². The van der Waals surface area contributed by atoms with Crippen LogP contribution in [0.15, 0.2) is 5.38 Å². The van der Waals surface area contributed by atoms with E-state index in [4.69, 9.17) is 5.11 Å². The average Bonchev–Trinajstić information content (AvgIpc) is 2.87. The molecule has 2 heterocycles. The highest BCUT2D eigenvalue weighted by molar-refractivity contribution is 7.09. The summed E-state index contributed by atoms with van der Waals surface area (Å²) in [4.78, 5) is 29.5. The topological polar surface area (TPSA) is 70.5 Å². The normalized spacial score (nSPS) is 16.8. The first kappa shape index (κ1) is 16.9. The van der Waals surface area contributed by atoms with Crippen LogP contribution in [-0.4, -0.2) is 40.0 Å². The number of rotatable bonds is 4. The minimum absolute atomic E-state index is 0.0150. The number of amides is 1. The van der Waals surface area contributed by atoms with Crippen LogP contribution in [0.1, 0.15) is 50.7 Å². The minimum Gasteiger partial charge on any atom is -0.481 e. The Morgan fingerprint density at radius 2 is 2.00 bits per heavy atom. The van der Waals surface area contributed by atoms with Gasteiger partial charge in [0.2, 0.25) is 5.91 Å². The number of likely N-dealkylation sites (tertiary alicyclic amines) is 1. The Hall–Kier alpha value is -1.43. The van der Waals surface area contributed by atoms with E-state index >= 15 is 0 Å². The van der Waals surface area contributed by atoms with Crippen LogP contribution in [0, 0.1) is 5.92 Å². The van der Waals surface area contributed by atoms with Crippen molar-refractivity contribution in [2.45, 2.75) is 51.9 Å². The monoisotopic (exact) mass is 324 g/mol. The zero-order valence-electron chi connectivity index (χ0n) is 13.5. The Labute approximate surface area is 135 Å². The second kappa shape index (κ2) is 6.77. The van der Waals surface area contributed by atoms with Crippen LogP contribution in [0.3, 0.4) is 0 Å². The van der Waals surface area contributed by atoms with Crippen LogP contribution in [0.2, 0.25) is 0 Å². The van der Waals surface area contributed by atoms with Gasteiger partial charge in [0, 0.05) is 30.3 Å². The highest BCUT2D eigenvalue weighted by Gasteiger charge is 2.25. The van der Waals surface area contributed by atoms with Gasteiger partial charge in [-0.25, -0.2) is 4.98 Å². The quantitative estimate of drug-likeness (QED) is 0.924. The second-order valence-electron chi connectivity index (χ2n) is 6.99. The van der Waals surface area contributed by atoms with Gasteiger partial charge in [-0.05, 0) is 18.8 Å². The van der Waals surface area contributed by atoms with E-state index < -0.39 is 5.97 Å². The van der Waals surface area contributed by atoms with Crippen molar-refractivity contribution in [3.63, 3.8) is 0 Å². The maximum absolute atomic E-state index is 12.3. The molecule has 1 fully saturated rings. The molecule has 0 bridgehead atoms. The van der Waals surface area contributed by atoms with Gasteiger partial charge in [-0.2, -0.15) is 0 Å². The van der Waals surface area contributed by atoms with E-state index in [0.29, 0.717) is 19.5 Å². The van der Waals surface area contributed by atoms with Gasteiger partial charge in [-0.3, -0.25) is 9.59 Å². The van der Waals surface area contributed by atoms with E-state index in [9.17, 15) is 9.59 Å². The first-order valence-electron chi connectivity index (χ1n) is 7.70. The predicted molar refractivity (Wildman–Crippen MR) is 86.1 cm³/mol. The summed E-state index contributed by atoms with van der Waals surface area (Å²) >= 11 is 1.61. The van der Waals surface area contributed by atoms with E-state index in [0.717, 1.165) is 23.5 Å². The standard InChI is InChI=1S/C16H24N2O3S/c1-16(2,3)15-17-12(10-22-15)9-13(19)18-6-4-11(5-7-18)8-14(20)21/h10-11H,4-9H2,1-3H3,(H,20,21). The lowest BCUT2D eigenvalue weighted by Gasteiger charge is -2.31. The lowest BCUT2D eigenvalue weighted by molar-refractivity contribution is -0.138. The number of aromatic nitrogens is 1. The number of carbonyl (C=O) groups is 2. The molecule has 1 aromatic heterocycles. The Kier molecular flexibility index (Phi) is 5.21. The zero-order valence-corrected chi connectivity index (χ0v) is 14.3. The molecule has 22 heavy (non-hydrogen) atoms. The maximum Gasteiger partial charge on any atom is 0.303 e. The molecule has 1 saturated heterocycles. The van der Waals surface area contributed by atoms with Crippen molar-refractivity contribution in [1.29, 1.82) is 0 Å². The highest BCUT2D eigenvalue weighted by Crippen LogP contribution is 2.26. The molecule has 0 saturated carbocycles. The molecule has 0 radical (unpaired) electrons. The summed E-state index contributed by atoms with van der Waals surface area (Å²) in [7, 11) is 0. The number of aliphatic carboxylic acids is 1. The van der Waals surface area contributed by atoms with Crippen LogP contribution in [-0.2, 0) is 21.4 Å². The van der Waals surface area contributed by atoms with Gasteiger partial charge in [0.1, 0.15) is 0 Å². The third-order valence-electron chi connectivity index (χ3n) is 3.96. The maximum atomic E-state index is 12.3. The lowest BCUT2D eigenvalue weighted by atomic mass is 9.93. The summed E-state index contributed by atoms with van der Waals surface area (Å²) in [5.41, 5.74) is 0.855. The Balaban J connectivity index is 1.86. The molecule has 6 heteroatoms. The first-order chi connectivity index (χ1) is 10.3. The SMILES string of the molecule is CC(C)(C)c1nc(CC(=O)N2CCC(CC(=O)O)CC2)cs1. The predicted octanol–water partition coefficient (Wildman–Crippen LogP) is 2.70. The summed E-state index contributed by atoms with van der Waals surface area (Å²) in [6, 6.07) is 0. The molecule has 1 aliphatic heterocycles. The van der Waals surface area contributed by atoms with Crippen molar-refractivity contribution < 1.29 is 14.7 Å². The molecule has 1 aliphatic rings. The molecule has 0 aliphatic carbocycles. The Morgan fingerprint density at radius 3 is 2.50 bits per heavy atom. The van der Waals surface area contributed by atoms with Crippen LogP contribution in [0.5, 0.6) is 0 Å². The molecule has 5 nitrogen and oxygen atoms in total. The van der Waals surface area contributed by atoms with Crippen molar-refractivity contribution in [1.82, 2.24) is 9.88 Å². The number of carboxylic acid groups (broad SMARTS) is 1. The lowest BCUT2D eigenvalue weighted by Crippen LogP contribution is -2.39. The number of carbonyl (C=O) groups excluding carboxylic acids is 1. The zero-order chi connectivity index (χ0) is 16.3. The van der Waals surface area contributed by atoms with Gasteiger partial charge in [0.05, 0.1) is 17.1 Å². The average molecular weight is 324 g/mol. The van der Waals surface area contributed by atoms with Crippen LogP contribution in [0.25, 0.3) is 0 Å². The molecule has 1 aromatic rings. The van der Waals surface area contributed by atoms with E-state index in [1.165, 1.54) is 0 Å². The number of hydrogen-bond donors (Lipinski definition) is 1. The van der Waals surface area contributed by atoms with E-state index in [1.807, 2.05) is 10.3 Å². The summed E-state index contributed by atoms with van der Waals surface area (Å²) < 4.78 is 0. The smallest absolute Gasteiger partial charge is 0.303 e. The summed E-state index contributed by atoms with van der Waals surface area (Å²) in [6.45, 7) is 7.67. The molecule has 122 valence electrons. The fourth-order valence-electron chi connectivity index (χ4n) is 2.63. The second-order valence-corrected chi connectivity index (χ2v) is 7.85. The number of carboxylic acids is 1. The highest BCUT2D eigenvalue weighted by atomic mass is 32.1.